The monoisotopic (exact) mass is 250 g/mol. The highest BCUT2D eigenvalue weighted by atomic mass is 16.1. The maximum absolute atomic E-state index is 12.1. The number of carbonyl (C=O) groups excluding carboxylic acids is 1. The first-order valence-electron chi connectivity index (χ1n) is 6.64. The molecular formula is C13H22N4O. The second kappa shape index (κ2) is 6.00. The Morgan fingerprint density at radius 1 is 1.67 bits per heavy atom. The first-order chi connectivity index (χ1) is 8.65. The maximum atomic E-state index is 12.1. The second-order valence-electron chi connectivity index (χ2n) is 5.25. The molecule has 1 amide bonds. The van der Waals surface area contributed by atoms with Gasteiger partial charge in [0.05, 0.1) is 6.33 Å². The van der Waals surface area contributed by atoms with Crippen LogP contribution in [0, 0.1) is 5.92 Å². The summed E-state index contributed by atoms with van der Waals surface area (Å²) in [6, 6.07) is 0.579. The van der Waals surface area contributed by atoms with Gasteiger partial charge in [0, 0.05) is 36.9 Å². The van der Waals surface area contributed by atoms with Crippen molar-refractivity contribution in [2.24, 2.45) is 5.92 Å². The molecule has 1 aliphatic heterocycles. The largest absolute Gasteiger partial charge is 0.352 e. The third kappa shape index (κ3) is 3.57. The number of piperidine rings is 1. The standard InChI is InChI=1S/C13H22N4O/c1-10-7-12(3-4-15-10)13(18)16-11(2)8-17-6-5-14-9-17/h5-6,9-12,15H,3-4,7-8H2,1-2H3,(H,16,18). The van der Waals surface area contributed by atoms with Gasteiger partial charge in [0.15, 0.2) is 0 Å². The lowest BCUT2D eigenvalue weighted by Gasteiger charge is -2.28. The van der Waals surface area contributed by atoms with Crippen molar-refractivity contribution in [2.75, 3.05) is 6.54 Å². The minimum absolute atomic E-state index is 0.136. The molecule has 0 bridgehead atoms. The van der Waals surface area contributed by atoms with E-state index >= 15 is 0 Å². The van der Waals surface area contributed by atoms with Gasteiger partial charge in [-0.15, -0.1) is 0 Å². The molecule has 2 N–H and O–H groups in total. The first-order valence-corrected chi connectivity index (χ1v) is 6.64. The van der Waals surface area contributed by atoms with Gasteiger partial charge in [-0.3, -0.25) is 4.79 Å². The fourth-order valence-corrected chi connectivity index (χ4v) is 2.49. The van der Waals surface area contributed by atoms with Crippen LogP contribution < -0.4 is 10.6 Å². The molecule has 0 saturated carbocycles. The summed E-state index contributed by atoms with van der Waals surface area (Å²) in [7, 11) is 0. The molecule has 0 spiro atoms. The normalized spacial score (nSPS) is 25.7. The Kier molecular flexibility index (Phi) is 4.36. The highest BCUT2D eigenvalue weighted by molar-refractivity contribution is 5.79. The number of hydrogen-bond acceptors (Lipinski definition) is 3. The summed E-state index contributed by atoms with van der Waals surface area (Å²) >= 11 is 0. The molecule has 0 aromatic carbocycles. The van der Waals surface area contributed by atoms with Gasteiger partial charge in [0.1, 0.15) is 0 Å². The Balaban J connectivity index is 1.79. The van der Waals surface area contributed by atoms with Crippen LogP contribution in [-0.2, 0) is 11.3 Å². The zero-order valence-electron chi connectivity index (χ0n) is 11.1. The molecule has 5 heteroatoms. The number of imidazole rings is 1. The van der Waals surface area contributed by atoms with Crippen molar-refractivity contribution in [3.63, 3.8) is 0 Å². The highest BCUT2D eigenvalue weighted by Crippen LogP contribution is 2.16. The summed E-state index contributed by atoms with van der Waals surface area (Å²) in [6.07, 6.45) is 7.31. The molecule has 100 valence electrons. The van der Waals surface area contributed by atoms with Crippen LogP contribution >= 0.6 is 0 Å². The van der Waals surface area contributed by atoms with Crippen molar-refractivity contribution in [1.29, 1.82) is 0 Å². The van der Waals surface area contributed by atoms with Crippen LogP contribution in [0.5, 0.6) is 0 Å². The van der Waals surface area contributed by atoms with Crippen molar-refractivity contribution in [3.8, 4) is 0 Å². The van der Waals surface area contributed by atoms with E-state index in [4.69, 9.17) is 0 Å². The zero-order valence-corrected chi connectivity index (χ0v) is 11.1. The van der Waals surface area contributed by atoms with E-state index in [1.54, 1.807) is 12.5 Å². The van der Waals surface area contributed by atoms with Crippen molar-refractivity contribution >= 4 is 5.91 Å². The summed E-state index contributed by atoms with van der Waals surface area (Å²) in [5.41, 5.74) is 0. The van der Waals surface area contributed by atoms with Gasteiger partial charge in [-0.05, 0) is 33.2 Å². The van der Waals surface area contributed by atoms with Crippen LogP contribution in [0.3, 0.4) is 0 Å². The van der Waals surface area contributed by atoms with Gasteiger partial charge in [-0.1, -0.05) is 0 Å². The van der Waals surface area contributed by atoms with Crippen LogP contribution in [0.25, 0.3) is 0 Å². The zero-order chi connectivity index (χ0) is 13.0. The van der Waals surface area contributed by atoms with E-state index in [0.29, 0.717) is 6.04 Å². The smallest absolute Gasteiger partial charge is 0.223 e. The van der Waals surface area contributed by atoms with E-state index in [1.807, 2.05) is 17.7 Å². The van der Waals surface area contributed by atoms with Crippen molar-refractivity contribution < 1.29 is 4.79 Å². The van der Waals surface area contributed by atoms with Gasteiger partial charge < -0.3 is 15.2 Å². The molecule has 0 radical (unpaired) electrons. The van der Waals surface area contributed by atoms with Crippen LogP contribution in [0.1, 0.15) is 26.7 Å². The molecule has 1 aliphatic rings. The van der Waals surface area contributed by atoms with Gasteiger partial charge in [-0.25, -0.2) is 4.98 Å². The number of carbonyl (C=O) groups is 1. The third-order valence-electron chi connectivity index (χ3n) is 3.43. The molecule has 0 aliphatic carbocycles. The quantitative estimate of drug-likeness (QED) is 0.830. The summed E-state index contributed by atoms with van der Waals surface area (Å²) < 4.78 is 1.98. The van der Waals surface area contributed by atoms with Crippen molar-refractivity contribution in [2.45, 2.75) is 45.3 Å². The lowest BCUT2D eigenvalue weighted by atomic mass is 9.92. The van der Waals surface area contributed by atoms with Crippen LogP contribution in [-0.4, -0.2) is 34.1 Å². The van der Waals surface area contributed by atoms with Crippen molar-refractivity contribution in [3.05, 3.63) is 18.7 Å². The molecule has 5 nitrogen and oxygen atoms in total. The number of aromatic nitrogens is 2. The van der Waals surface area contributed by atoms with Gasteiger partial charge in [-0.2, -0.15) is 0 Å². The molecule has 1 saturated heterocycles. The third-order valence-corrected chi connectivity index (χ3v) is 3.43. The number of nitrogens with zero attached hydrogens (tertiary/aromatic N) is 2. The van der Waals surface area contributed by atoms with Crippen molar-refractivity contribution in [1.82, 2.24) is 20.2 Å². The Morgan fingerprint density at radius 2 is 2.50 bits per heavy atom. The van der Waals surface area contributed by atoms with E-state index in [0.717, 1.165) is 25.9 Å². The molecule has 1 aromatic rings. The first kappa shape index (κ1) is 13.1. The molecule has 2 heterocycles. The fourth-order valence-electron chi connectivity index (χ4n) is 2.49. The van der Waals surface area contributed by atoms with E-state index in [1.165, 1.54) is 0 Å². The molecule has 1 fully saturated rings. The topological polar surface area (TPSA) is 59.0 Å². The minimum Gasteiger partial charge on any atom is -0.352 e. The lowest BCUT2D eigenvalue weighted by molar-refractivity contribution is -0.126. The van der Waals surface area contributed by atoms with Gasteiger partial charge >= 0.3 is 0 Å². The molecular weight excluding hydrogens is 228 g/mol. The Bertz CT molecular complexity index is 376. The predicted molar refractivity (Wildman–Crippen MR) is 70.0 cm³/mol. The fraction of sp³-hybridized carbons (Fsp3) is 0.692. The molecule has 1 aromatic heterocycles. The molecule has 3 atom stereocenters. The summed E-state index contributed by atoms with van der Waals surface area (Å²) in [6.45, 7) is 5.87. The Labute approximate surface area is 108 Å². The Morgan fingerprint density at radius 3 is 3.17 bits per heavy atom. The van der Waals surface area contributed by atoms with Crippen LogP contribution in [0.2, 0.25) is 0 Å². The number of rotatable bonds is 4. The molecule has 2 rings (SSSR count). The summed E-state index contributed by atoms with van der Waals surface area (Å²) in [5.74, 6) is 0.349. The highest BCUT2D eigenvalue weighted by Gasteiger charge is 2.25. The predicted octanol–water partition coefficient (Wildman–Crippen LogP) is 0.776. The van der Waals surface area contributed by atoms with E-state index in [-0.39, 0.29) is 17.9 Å². The average Bonchev–Trinajstić information content (AvgIpc) is 2.81. The lowest BCUT2D eigenvalue weighted by Crippen LogP contribution is -2.45. The number of hydrogen-bond donors (Lipinski definition) is 2. The number of nitrogens with one attached hydrogen (secondary N) is 2. The van der Waals surface area contributed by atoms with Crippen LogP contribution in [0.15, 0.2) is 18.7 Å². The number of amides is 1. The maximum Gasteiger partial charge on any atom is 0.223 e. The van der Waals surface area contributed by atoms with E-state index in [2.05, 4.69) is 22.5 Å². The average molecular weight is 250 g/mol. The van der Waals surface area contributed by atoms with E-state index < -0.39 is 0 Å². The molecule has 18 heavy (non-hydrogen) atoms. The summed E-state index contributed by atoms with van der Waals surface area (Å²) in [5, 5.41) is 6.46. The van der Waals surface area contributed by atoms with Crippen LogP contribution in [0.4, 0.5) is 0 Å². The SMILES string of the molecule is CC1CC(C(=O)NC(C)Cn2ccnc2)CCN1. The van der Waals surface area contributed by atoms with E-state index in [9.17, 15) is 4.79 Å². The second-order valence-corrected chi connectivity index (χ2v) is 5.25. The Hall–Kier alpha value is -1.36. The minimum atomic E-state index is 0.136. The summed E-state index contributed by atoms with van der Waals surface area (Å²) in [4.78, 5) is 16.1. The van der Waals surface area contributed by atoms with Gasteiger partial charge in [0.25, 0.3) is 0 Å². The van der Waals surface area contributed by atoms with Gasteiger partial charge in [0.2, 0.25) is 5.91 Å². The molecule has 3 unspecified atom stereocenters.